The molecule has 1 heterocycles. The second kappa shape index (κ2) is 4.22. The van der Waals surface area contributed by atoms with Crippen molar-refractivity contribution in [2.45, 2.75) is 0 Å². The van der Waals surface area contributed by atoms with Crippen LogP contribution in [0.4, 0.5) is 0 Å². The largest absolute Gasteiger partial charge is 0.220 e. The van der Waals surface area contributed by atoms with Gasteiger partial charge < -0.3 is 0 Å². The van der Waals surface area contributed by atoms with E-state index < -0.39 is 0 Å². The van der Waals surface area contributed by atoms with Gasteiger partial charge >= 0.3 is 0 Å². The average Bonchev–Trinajstić information content (AvgIpc) is 2.81. The smallest absolute Gasteiger partial charge is 0.113 e. The second-order valence-corrected chi connectivity index (χ2v) is 3.75. The summed E-state index contributed by atoms with van der Waals surface area (Å²) >= 11 is 0. The predicted molar refractivity (Wildman–Crippen MR) is 69.2 cm³/mol. The molecule has 82 valence electrons. The molecule has 0 bridgehead atoms. The lowest BCUT2D eigenvalue weighted by molar-refractivity contribution is 0.863. The van der Waals surface area contributed by atoms with E-state index in [1.807, 2.05) is 54.7 Å². The molecule has 17 heavy (non-hydrogen) atoms. The molecular weight excluding hydrogens is 210 g/mol. The highest BCUT2D eigenvalue weighted by atomic mass is 15.4. The van der Waals surface area contributed by atoms with Gasteiger partial charge in [-0.25, -0.2) is 4.68 Å². The van der Waals surface area contributed by atoms with Crippen molar-refractivity contribution in [1.29, 1.82) is 0 Å². The third-order valence-corrected chi connectivity index (χ3v) is 2.59. The molecule has 2 aromatic carbocycles. The molecule has 0 radical (unpaired) electrons. The summed E-state index contributed by atoms with van der Waals surface area (Å²) in [7, 11) is 0. The number of nitrogens with zero attached hydrogens (tertiary/aromatic N) is 3. The second-order valence-electron chi connectivity index (χ2n) is 3.75. The third-order valence-electron chi connectivity index (χ3n) is 2.59. The lowest BCUT2D eigenvalue weighted by atomic mass is 10.2. The molecule has 0 N–H and O–H groups in total. The van der Waals surface area contributed by atoms with Crippen molar-refractivity contribution in [1.82, 2.24) is 15.0 Å². The monoisotopic (exact) mass is 221 g/mol. The standard InChI is InChI=1S/C14H11N3/c1-2-6-12(7-3-1)10-11-17-14-9-5-4-8-13(14)15-16-17/h1-11H/b11-10+. The zero-order valence-electron chi connectivity index (χ0n) is 9.19. The van der Waals surface area contributed by atoms with Gasteiger partial charge in [0.25, 0.3) is 0 Å². The van der Waals surface area contributed by atoms with Crippen molar-refractivity contribution in [2.24, 2.45) is 0 Å². The highest BCUT2D eigenvalue weighted by Gasteiger charge is 1.98. The number of rotatable bonds is 2. The van der Waals surface area contributed by atoms with Gasteiger partial charge in [-0.05, 0) is 23.8 Å². The van der Waals surface area contributed by atoms with Crippen LogP contribution in [-0.2, 0) is 0 Å². The molecule has 0 aliphatic heterocycles. The average molecular weight is 221 g/mol. The number of benzene rings is 2. The molecule has 0 atom stereocenters. The number of fused-ring (bicyclic) bond motifs is 1. The molecule has 0 saturated carbocycles. The van der Waals surface area contributed by atoms with Crippen LogP contribution < -0.4 is 0 Å². The van der Waals surface area contributed by atoms with Gasteiger partial charge in [-0.1, -0.05) is 47.7 Å². The lowest BCUT2D eigenvalue weighted by Crippen LogP contribution is -1.88. The van der Waals surface area contributed by atoms with Gasteiger partial charge in [0.1, 0.15) is 5.52 Å². The molecule has 0 unspecified atom stereocenters. The fourth-order valence-electron chi connectivity index (χ4n) is 1.72. The SMILES string of the molecule is C(=C\n1nnc2ccccc21)/c1ccccc1. The van der Waals surface area contributed by atoms with Crippen LogP contribution in [0.15, 0.2) is 54.6 Å². The molecule has 1 aromatic heterocycles. The van der Waals surface area contributed by atoms with E-state index in [9.17, 15) is 0 Å². The molecule has 0 aliphatic rings. The lowest BCUT2D eigenvalue weighted by Gasteiger charge is -1.94. The summed E-state index contributed by atoms with van der Waals surface area (Å²) in [6.07, 6.45) is 3.94. The van der Waals surface area contributed by atoms with E-state index in [1.165, 1.54) is 0 Å². The molecule has 0 aliphatic carbocycles. The van der Waals surface area contributed by atoms with E-state index in [4.69, 9.17) is 0 Å². The summed E-state index contributed by atoms with van der Waals surface area (Å²) in [6.45, 7) is 0. The Balaban J connectivity index is 1.98. The summed E-state index contributed by atoms with van der Waals surface area (Å²) in [4.78, 5) is 0. The van der Waals surface area contributed by atoms with Crippen molar-refractivity contribution >= 4 is 23.3 Å². The van der Waals surface area contributed by atoms with Crippen molar-refractivity contribution in [3.05, 3.63) is 60.2 Å². The van der Waals surface area contributed by atoms with E-state index >= 15 is 0 Å². The van der Waals surface area contributed by atoms with Crippen LogP contribution in [0.3, 0.4) is 0 Å². The molecule has 3 nitrogen and oxygen atoms in total. The number of aromatic nitrogens is 3. The van der Waals surface area contributed by atoms with Crippen LogP contribution in [0, 0.1) is 0 Å². The van der Waals surface area contributed by atoms with Crippen LogP contribution in [0.2, 0.25) is 0 Å². The molecule has 0 amide bonds. The molecule has 3 aromatic rings. The minimum absolute atomic E-state index is 0.908. The Morgan fingerprint density at radius 1 is 0.882 bits per heavy atom. The normalized spacial score (nSPS) is 11.3. The quantitative estimate of drug-likeness (QED) is 0.665. The van der Waals surface area contributed by atoms with Crippen molar-refractivity contribution in [2.75, 3.05) is 0 Å². The van der Waals surface area contributed by atoms with Crippen molar-refractivity contribution < 1.29 is 0 Å². The number of hydrogen-bond donors (Lipinski definition) is 0. The first-order valence-electron chi connectivity index (χ1n) is 5.47. The number of hydrogen-bond acceptors (Lipinski definition) is 2. The van der Waals surface area contributed by atoms with Crippen LogP contribution in [0.25, 0.3) is 23.3 Å². The Kier molecular flexibility index (Phi) is 2.43. The van der Waals surface area contributed by atoms with Gasteiger partial charge in [0.05, 0.1) is 5.52 Å². The van der Waals surface area contributed by atoms with Crippen molar-refractivity contribution in [3.63, 3.8) is 0 Å². The molecule has 0 spiro atoms. The molecular formula is C14H11N3. The summed E-state index contributed by atoms with van der Waals surface area (Å²) in [5.41, 5.74) is 3.07. The van der Waals surface area contributed by atoms with Gasteiger partial charge in [0.2, 0.25) is 0 Å². The number of para-hydroxylation sites is 1. The van der Waals surface area contributed by atoms with Gasteiger partial charge in [-0.2, -0.15) is 0 Å². The minimum atomic E-state index is 0.908. The Morgan fingerprint density at radius 2 is 1.65 bits per heavy atom. The Hall–Kier alpha value is -2.42. The fraction of sp³-hybridized carbons (Fsp3) is 0. The van der Waals surface area contributed by atoms with E-state index in [0.717, 1.165) is 16.6 Å². The van der Waals surface area contributed by atoms with Gasteiger partial charge in [-0.3, -0.25) is 0 Å². The maximum absolute atomic E-state index is 4.09. The van der Waals surface area contributed by atoms with Crippen LogP contribution >= 0.6 is 0 Å². The van der Waals surface area contributed by atoms with E-state index in [1.54, 1.807) is 4.68 Å². The van der Waals surface area contributed by atoms with E-state index in [2.05, 4.69) is 22.4 Å². The first-order valence-corrected chi connectivity index (χ1v) is 5.47. The van der Waals surface area contributed by atoms with Crippen molar-refractivity contribution in [3.8, 4) is 0 Å². The maximum Gasteiger partial charge on any atom is 0.113 e. The van der Waals surface area contributed by atoms with Gasteiger partial charge in [0, 0.05) is 6.20 Å². The maximum atomic E-state index is 4.09. The molecule has 3 rings (SSSR count). The predicted octanol–water partition coefficient (Wildman–Crippen LogP) is 3.06. The Morgan fingerprint density at radius 3 is 2.53 bits per heavy atom. The summed E-state index contributed by atoms with van der Waals surface area (Å²) in [6, 6.07) is 18.0. The Labute approximate surface area is 99.0 Å². The highest BCUT2D eigenvalue weighted by molar-refractivity contribution is 5.77. The topological polar surface area (TPSA) is 30.7 Å². The minimum Gasteiger partial charge on any atom is -0.220 e. The van der Waals surface area contributed by atoms with Crippen LogP contribution in [0.1, 0.15) is 5.56 Å². The van der Waals surface area contributed by atoms with Gasteiger partial charge in [0.15, 0.2) is 0 Å². The van der Waals surface area contributed by atoms with Crippen LogP contribution in [-0.4, -0.2) is 15.0 Å². The zero-order valence-corrected chi connectivity index (χ0v) is 9.19. The first kappa shape index (κ1) is 9.78. The Bertz CT molecular complexity index is 653. The third kappa shape index (κ3) is 1.95. The van der Waals surface area contributed by atoms with Gasteiger partial charge in [-0.15, -0.1) is 5.10 Å². The first-order chi connectivity index (χ1) is 8.43. The highest BCUT2D eigenvalue weighted by Crippen LogP contribution is 2.11. The molecule has 3 heteroatoms. The molecule has 0 saturated heterocycles. The summed E-state index contributed by atoms with van der Waals surface area (Å²) in [5, 5.41) is 8.18. The fourth-order valence-corrected chi connectivity index (χ4v) is 1.72. The molecule has 0 fully saturated rings. The van der Waals surface area contributed by atoms with E-state index in [-0.39, 0.29) is 0 Å². The van der Waals surface area contributed by atoms with Crippen LogP contribution in [0.5, 0.6) is 0 Å². The van der Waals surface area contributed by atoms with E-state index in [0.29, 0.717) is 0 Å². The summed E-state index contributed by atoms with van der Waals surface area (Å²) in [5.74, 6) is 0. The summed E-state index contributed by atoms with van der Waals surface area (Å²) < 4.78 is 1.78. The zero-order chi connectivity index (χ0) is 11.5.